The van der Waals surface area contributed by atoms with Crippen molar-refractivity contribution >= 4 is 20.9 Å². The first kappa shape index (κ1) is 11.5. The summed E-state index contributed by atoms with van der Waals surface area (Å²) in [7, 11) is 1.99. The number of methoxy groups -OCH3 is 1. The molecule has 11 heavy (non-hydrogen) atoms. The molecule has 0 radical (unpaired) electrons. The van der Waals surface area contributed by atoms with Gasteiger partial charge in [-0.1, -0.05) is 0 Å². The highest BCUT2D eigenvalue weighted by atomic mass is 32.1. The maximum Gasteiger partial charge on any atom is 0.214 e. The van der Waals surface area contributed by atoms with E-state index in [4.69, 9.17) is 9.16 Å². The lowest BCUT2D eigenvalue weighted by molar-refractivity contribution is 0.221. The summed E-state index contributed by atoms with van der Waals surface area (Å²) in [4.78, 5) is 0. The number of hydrogen-bond acceptors (Lipinski definition) is 3. The van der Waals surface area contributed by atoms with Gasteiger partial charge in [-0.3, -0.25) is 0 Å². The molecule has 0 aromatic rings. The zero-order chi connectivity index (χ0) is 8.74. The summed E-state index contributed by atoms with van der Waals surface area (Å²) < 4.78 is 10.6. The molecule has 2 nitrogen and oxygen atoms in total. The first-order valence-corrected chi connectivity index (χ1v) is 7.29. The molecule has 0 aromatic carbocycles. The Morgan fingerprint density at radius 2 is 2.00 bits per heavy atom. The van der Waals surface area contributed by atoms with Crippen LogP contribution in [0.4, 0.5) is 0 Å². The second kappa shape index (κ2) is 6.05. The molecule has 0 amide bonds. The van der Waals surface area contributed by atoms with Crippen molar-refractivity contribution in [1.29, 1.82) is 0 Å². The Morgan fingerprint density at radius 3 is 2.36 bits per heavy atom. The molecule has 0 rings (SSSR count). The van der Waals surface area contributed by atoms with Gasteiger partial charge in [-0.15, -0.1) is 0 Å². The number of thiol groups is 1. The van der Waals surface area contributed by atoms with E-state index in [1.807, 2.05) is 0 Å². The summed E-state index contributed by atoms with van der Waals surface area (Å²) in [6.45, 7) is 2.19. The lowest BCUT2D eigenvalue weighted by Gasteiger charge is -2.23. The molecule has 0 saturated heterocycles. The minimum absolute atomic E-state index is 0.789. The van der Waals surface area contributed by atoms with E-state index in [1.54, 1.807) is 14.2 Å². The molecule has 0 aliphatic heterocycles. The molecule has 0 N–H and O–H groups in total. The molecule has 0 heterocycles. The van der Waals surface area contributed by atoms with Crippen LogP contribution in [0.1, 0.15) is 6.42 Å². The van der Waals surface area contributed by atoms with E-state index < -0.39 is 8.32 Å². The third kappa shape index (κ3) is 4.84. The van der Waals surface area contributed by atoms with Gasteiger partial charge in [0, 0.05) is 14.2 Å². The third-order valence-electron chi connectivity index (χ3n) is 1.81. The van der Waals surface area contributed by atoms with Gasteiger partial charge < -0.3 is 9.16 Å². The molecule has 0 spiro atoms. The summed E-state index contributed by atoms with van der Waals surface area (Å²) in [5.41, 5.74) is 0. The zero-order valence-electron chi connectivity index (χ0n) is 7.59. The summed E-state index contributed by atoms with van der Waals surface area (Å²) in [5, 5.41) is 0. The summed E-state index contributed by atoms with van der Waals surface area (Å²) in [6.07, 6.45) is 1.92. The molecule has 0 aliphatic rings. The average molecular weight is 194 g/mol. The molecule has 0 fully saturated rings. The molecule has 0 bridgehead atoms. The molecular weight excluding hydrogens is 176 g/mol. The quantitative estimate of drug-likeness (QED) is 0.513. The van der Waals surface area contributed by atoms with Gasteiger partial charge in [-0.25, -0.2) is 0 Å². The highest BCUT2D eigenvalue weighted by Crippen LogP contribution is 2.13. The zero-order valence-corrected chi connectivity index (χ0v) is 9.49. The van der Waals surface area contributed by atoms with Crippen LogP contribution in [0, 0.1) is 0 Å². The predicted octanol–water partition coefficient (Wildman–Crippen LogP) is 1.71. The van der Waals surface area contributed by atoms with Gasteiger partial charge in [-0.2, -0.15) is 12.6 Å². The Bertz CT molecular complexity index is 102. The van der Waals surface area contributed by atoms with E-state index in [0.29, 0.717) is 0 Å². The van der Waals surface area contributed by atoms with Crippen LogP contribution in [0.2, 0.25) is 12.6 Å². The second-order valence-electron chi connectivity index (χ2n) is 2.91. The van der Waals surface area contributed by atoms with Crippen LogP contribution in [-0.2, 0) is 9.16 Å². The molecule has 68 valence electrons. The first-order valence-electron chi connectivity index (χ1n) is 3.83. The lowest BCUT2D eigenvalue weighted by Crippen LogP contribution is -2.39. The average Bonchev–Trinajstić information content (AvgIpc) is 2.02. The Labute approximate surface area is 75.8 Å². The predicted molar refractivity (Wildman–Crippen MR) is 53.8 cm³/mol. The van der Waals surface area contributed by atoms with E-state index in [9.17, 15) is 0 Å². The van der Waals surface area contributed by atoms with Crippen molar-refractivity contribution in [3.05, 3.63) is 0 Å². The van der Waals surface area contributed by atoms with Crippen molar-refractivity contribution in [2.75, 3.05) is 26.2 Å². The van der Waals surface area contributed by atoms with Gasteiger partial charge in [0.15, 0.2) is 0 Å². The fraction of sp³-hybridized carbons (Fsp3) is 1.00. The van der Waals surface area contributed by atoms with Gasteiger partial charge in [0.2, 0.25) is 8.32 Å². The third-order valence-corrected chi connectivity index (χ3v) is 5.42. The smallest absolute Gasteiger partial charge is 0.214 e. The van der Waals surface area contributed by atoms with Crippen LogP contribution >= 0.6 is 12.6 Å². The molecule has 0 aromatic heterocycles. The Balaban J connectivity index is 3.68. The van der Waals surface area contributed by atoms with Gasteiger partial charge in [0.25, 0.3) is 0 Å². The molecule has 1 atom stereocenters. The summed E-state index contributed by atoms with van der Waals surface area (Å²) in [5.74, 6) is 0.940. The van der Waals surface area contributed by atoms with Crippen LogP contribution in [0.3, 0.4) is 0 Å². The van der Waals surface area contributed by atoms with Crippen molar-refractivity contribution in [2.24, 2.45) is 0 Å². The number of rotatable bonds is 6. The van der Waals surface area contributed by atoms with Crippen molar-refractivity contribution in [3.8, 4) is 0 Å². The standard InChI is InChI=1S/C7H18O2SSi/c1-8-7-11(3,9-2)6-4-5-10/h10H,4-7H2,1-3H3. The molecule has 0 aliphatic carbocycles. The molecule has 1 unspecified atom stereocenters. The van der Waals surface area contributed by atoms with Gasteiger partial charge in [0.05, 0.1) is 6.23 Å². The molecule has 4 heteroatoms. The maximum absolute atomic E-state index is 5.46. The first-order chi connectivity index (χ1) is 5.18. The van der Waals surface area contributed by atoms with Crippen LogP contribution in [0.15, 0.2) is 0 Å². The largest absolute Gasteiger partial charge is 0.418 e. The lowest BCUT2D eigenvalue weighted by atomic mass is 10.6. The van der Waals surface area contributed by atoms with Crippen molar-refractivity contribution in [2.45, 2.75) is 19.0 Å². The van der Waals surface area contributed by atoms with Crippen LogP contribution in [0.25, 0.3) is 0 Å². The SMILES string of the molecule is COC[Si](C)(CCCS)OC. The monoisotopic (exact) mass is 194 g/mol. The Kier molecular flexibility index (Phi) is 6.32. The second-order valence-corrected chi connectivity index (χ2v) is 7.46. The van der Waals surface area contributed by atoms with Gasteiger partial charge in [0.1, 0.15) is 0 Å². The molecular formula is C7H18O2SSi. The van der Waals surface area contributed by atoms with Crippen molar-refractivity contribution in [1.82, 2.24) is 0 Å². The summed E-state index contributed by atoms with van der Waals surface area (Å²) in [6, 6.07) is 1.14. The highest BCUT2D eigenvalue weighted by Gasteiger charge is 2.26. The fourth-order valence-corrected chi connectivity index (χ4v) is 3.45. The van der Waals surface area contributed by atoms with Crippen LogP contribution < -0.4 is 0 Å². The number of ether oxygens (including phenoxy) is 1. The van der Waals surface area contributed by atoms with E-state index in [2.05, 4.69) is 19.2 Å². The van der Waals surface area contributed by atoms with Crippen LogP contribution in [-0.4, -0.2) is 34.5 Å². The Hall–Kier alpha value is 0.487. The van der Waals surface area contributed by atoms with E-state index >= 15 is 0 Å². The van der Waals surface area contributed by atoms with E-state index in [0.717, 1.165) is 24.4 Å². The minimum atomic E-state index is -1.52. The van der Waals surface area contributed by atoms with E-state index in [-0.39, 0.29) is 0 Å². The maximum atomic E-state index is 5.46. The Morgan fingerprint density at radius 1 is 1.36 bits per heavy atom. The van der Waals surface area contributed by atoms with Gasteiger partial charge >= 0.3 is 0 Å². The normalized spacial score (nSPS) is 16.4. The topological polar surface area (TPSA) is 18.5 Å². The summed E-state index contributed by atoms with van der Waals surface area (Å²) >= 11 is 4.17. The molecule has 0 saturated carbocycles. The highest BCUT2D eigenvalue weighted by molar-refractivity contribution is 7.80. The van der Waals surface area contributed by atoms with Crippen molar-refractivity contribution in [3.63, 3.8) is 0 Å². The fourth-order valence-electron chi connectivity index (χ4n) is 0.991. The number of hydrogen-bond donors (Lipinski definition) is 1. The van der Waals surface area contributed by atoms with Crippen molar-refractivity contribution < 1.29 is 9.16 Å². The van der Waals surface area contributed by atoms with Gasteiger partial charge in [-0.05, 0) is 24.8 Å². The van der Waals surface area contributed by atoms with Crippen LogP contribution in [0.5, 0.6) is 0 Å². The van der Waals surface area contributed by atoms with E-state index in [1.165, 1.54) is 0 Å². The minimum Gasteiger partial charge on any atom is -0.418 e.